The van der Waals surface area contributed by atoms with Crippen molar-refractivity contribution in [2.75, 3.05) is 4.72 Å². The van der Waals surface area contributed by atoms with E-state index in [1.54, 1.807) is 41.5 Å². The number of aryl methyl sites for hydroxylation is 1. The number of aromatic nitrogens is 3. The van der Waals surface area contributed by atoms with Crippen molar-refractivity contribution in [2.45, 2.75) is 4.90 Å². The maximum Gasteiger partial charge on any atom is 0.263 e. The Balaban J connectivity index is 1.70. The molecule has 2 heterocycles. The first kappa shape index (κ1) is 20.9. The van der Waals surface area contributed by atoms with Gasteiger partial charge in [-0.1, -0.05) is 11.6 Å². The summed E-state index contributed by atoms with van der Waals surface area (Å²) in [6.07, 6.45) is 3.15. The molecule has 31 heavy (non-hydrogen) atoms. The Bertz CT molecular complexity index is 1390. The molecule has 1 N–H and O–H groups in total. The van der Waals surface area contributed by atoms with Gasteiger partial charge in [0.2, 0.25) is 0 Å². The quantitative estimate of drug-likeness (QED) is 0.438. The van der Waals surface area contributed by atoms with E-state index in [2.05, 4.69) is 14.8 Å². The number of hydrogen-bond acceptors (Lipinski definition) is 7. The van der Waals surface area contributed by atoms with Gasteiger partial charge >= 0.3 is 0 Å². The summed E-state index contributed by atoms with van der Waals surface area (Å²) in [6.45, 7) is 0. The van der Waals surface area contributed by atoms with Gasteiger partial charge in [0.15, 0.2) is 5.13 Å². The largest absolute Gasteiger partial charge is 0.455 e. The van der Waals surface area contributed by atoms with E-state index >= 15 is 0 Å². The van der Waals surface area contributed by atoms with Gasteiger partial charge in [-0.3, -0.25) is 9.40 Å². The first-order valence-corrected chi connectivity index (χ1v) is 11.5. The van der Waals surface area contributed by atoms with Gasteiger partial charge in [0, 0.05) is 41.5 Å². The average Bonchev–Trinajstić information content (AvgIpc) is 3.40. The predicted octanol–water partition coefficient (Wildman–Crippen LogP) is 4.66. The lowest BCUT2D eigenvalue weighted by Crippen LogP contribution is -2.13. The average molecular weight is 472 g/mol. The van der Waals surface area contributed by atoms with Crippen molar-refractivity contribution in [1.82, 2.24) is 14.8 Å². The standard InChI is InChI=1S/C20H14ClN5O3S2/c1-26-17(6-7-24-26)16-4-2-14(21)11-19(16)29-18-5-3-15(10-13(18)12-22)31(27,28)25-20-23-8-9-30-20/h2-11H,1H3,(H,23,25). The molecule has 0 saturated carbocycles. The Morgan fingerprint density at radius 1 is 1.16 bits per heavy atom. The van der Waals surface area contributed by atoms with Crippen LogP contribution in [0.2, 0.25) is 5.02 Å². The van der Waals surface area contributed by atoms with Gasteiger partial charge in [-0.05, 0) is 36.4 Å². The molecule has 2 aromatic heterocycles. The lowest BCUT2D eigenvalue weighted by molar-refractivity contribution is 0.481. The van der Waals surface area contributed by atoms with Crippen molar-refractivity contribution in [3.05, 3.63) is 70.8 Å². The van der Waals surface area contributed by atoms with Gasteiger partial charge in [-0.2, -0.15) is 10.4 Å². The van der Waals surface area contributed by atoms with Crippen molar-refractivity contribution in [2.24, 2.45) is 7.05 Å². The van der Waals surface area contributed by atoms with Crippen molar-refractivity contribution in [3.8, 4) is 28.8 Å². The van der Waals surface area contributed by atoms with Crippen LogP contribution in [-0.4, -0.2) is 23.2 Å². The molecule has 11 heteroatoms. The van der Waals surface area contributed by atoms with E-state index in [9.17, 15) is 13.7 Å². The van der Waals surface area contributed by atoms with E-state index in [1.165, 1.54) is 24.4 Å². The number of ether oxygens (including phenoxy) is 1. The van der Waals surface area contributed by atoms with E-state index in [0.717, 1.165) is 22.6 Å². The summed E-state index contributed by atoms with van der Waals surface area (Å²) < 4.78 is 35.3. The molecule has 0 aliphatic carbocycles. The molecule has 0 unspecified atom stereocenters. The van der Waals surface area contributed by atoms with Crippen LogP contribution in [0.25, 0.3) is 11.3 Å². The van der Waals surface area contributed by atoms with Gasteiger partial charge in [0.25, 0.3) is 10.0 Å². The summed E-state index contributed by atoms with van der Waals surface area (Å²) in [5.74, 6) is 0.602. The monoisotopic (exact) mass is 471 g/mol. The highest BCUT2D eigenvalue weighted by Gasteiger charge is 2.19. The number of hydrogen-bond donors (Lipinski definition) is 1. The molecule has 0 spiro atoms. The molecule has 0 bridgehead atoms. The van der Waals surface area contributed by atoms with E-state index in [-0.39, 0.29) is 21.3 Å². The maximum absolute atomic E-state index is 12.6. The highest BCUT2D eigenvalue weighted by molar-refractivity contribution is 7.93. The minimum Gasteiger partial charge on any atom is -0.455 e. The van der Waals surface area contributed by atoms with Gasteiger partial charge in [0.1, 0.15) is 17.6 Å². The number of halogens is 1. The van der Waals surface area contributed by atoms with Gasteiger partial charge in [-0.15, -0.1) is 11.3 Å². The lowest BCUT2D eigenvalue weighted by atomic mass is 10.1. The number of nitrogens with zero attached hydrogens (tertiary/aromatic N) is 4. The summed E-state index contributed by atoms with van der Waals surface area (Å²) in [5, 5.41) is 16.1. The van der Waals surface area contributed by atoms with Crippen LogP contribution in [0.1, 0.15) is 5.56 Å². The van der Waals surface area contributed by atoms with Crippen molar-refractivity contribution in [3.63, 3.8) is 0 Å². The second-order valence-corrected chi connectivity index (χ2v) is 9.31. The zero-order chi connectivity index (χ0) is 22.0. The number of nitriles is 1. The Labute approximate surface area is 187 Å². The van der Waals surface area contributed by atoms with E-state index in [1.807, 2.05) is 12.1 Å². The molecule has 0 saturated heterocycles. The van der Waals surface area contributed by atoms with Gasteiger partial charge < -0.3 is 4.74 Å². The second-order valence-electron chi connectivity index (χ2n) is 6.30. The third kappa shape index (κ3) is 4.39. The van der Waals surface area contributed by atoms with Crippen LogP contribution < -0.4 is 9.46 Å². The molecule has 0 amide bonds. The summed E-state index contributed by atoms with van der Waals surface area (Å²) in [7, 11) is -2.11. The molecular weight excluding hydrogens is 458 g/mol. The Hall–Kier alpha value is -3.39. The van der Waals surface area contributed by atoms with Crippen molar-refractivity contribution in [1.29, 1.82) is 5.26 Å². The first-order chi connectivity index (χ1) is 14.9. The van der Waals surface area contributed by atoms with Crippen LogP contribution in [0.5, 0.6) is 11.5 Å². The molecule has 0 aliphatic heterocycles. The second kappa shape index (κ2) is 8.39. The third-order valence-corrected chi connectivity index (χ3v) is 6.69. The number of thiazole rings is 1. The number of rotatable bonds is 6. The maximum atomic E-state index is 12.6. The number of anilines is 1. The molecular formula is C20H14ClN5O3S2. The molecule has 8 nitrogen and oxygen atoms in total. The van der Waals surface area contributed by atoms with E-state index in [0.29, 0.717) is 10.8 Å². The Morgan fingerprint density at radius 2 is 2.00 bits per heavy atom. The minimum absolute atomic E-state index is 0.0537. The zero-order valence-electron chi connectivity index (χ0n) is 16.0. The van der Waals surface area contributed by atoms with E-state index < -0.39 is 10.0 Å². The van der Waals surface area contributed by atoms with Gasteiger partial charge in [-0.25, -0.2) is 13.4 Å². The molecule has 0 atom stereocenters. The fourth-order valence-electron chi connectivity index (χ4n) is 2.85. The predicted molar refractivity (Wildman–Crippen MR) is 118 cm³/mol. The van der Waals surface area contributed by atoms with Crippen LogP contribution in [0.3, 0.4) is 0 Å². The highest BCUT2D eigenvalue weighted by atomic mass is 35.5. The molecule has 156 valence electrons. The molecule has 0 aliphatic rings. The Morgan fingerprint density at radius 3 is 2.68 bits per heavy atom. The lowest BCUT2D eigenvalue weighted by Gasteiger charge is -2.14. The van der Waals surface area contributed by atoms with Crippen molar-refractivity contribution < 1.29 is 13.2 Å². The normalized spacial score (nSPS) is 11.1. The van der Waals surface area contributed by atoms with Crippen molar-refractivity contribution >= 4 is 38.1 Å². The zero-order valence-corrected chi connectivity index (χ0v) is 18.4. The fraction of sp³-hybridized carbons (Fsp3) is 0.0500. The summed E-state index contributed by atoms with van der Waals surface area (Å²) in [5.41, 5.74) is 1.56. The summed E-state index contributed by atoms with van der Waals surface area (Å²) >= 11 is 7.30. The van der Waals surface area contributed by atoms with Crippen LogP contribution in [0.4, 0.5) is 5.13 Å². The molecule has 0 fully saturated rings. The van der Waals surface area contributed by atoms with Crippen LogP contribution in [-0.2, 0) is 17.1 Å². The molecule has 0 radical (unpaired) electrons. The Kier molecular flexibility index (Phi) is 5.65. The smallest absolute Gasteiger partial charge is 0.263 e. The summed E-state index contributed by atoms with van der Waals surface area (Å²) in [6, 6.07) is 13.0. The number of nitrogens with one attached hydrogen (secondary N) is 1. The fourth-order valence-corrected chi connectivity index (χ4v) is 4.83. The van der Waals surface area contributed by atoms with E-state index in [4.69, 9.17) is 16.3 Å². The van der Waals surface area contributed by atoms with Gasteiger partial charge in [0.05, 0.1) is 16.2 Å². The molecule has 2 aromatic carbocycles. The van der Waals surface area contributed by atoms with Crippen LogP contribution in [0.15, 0.2) is 65.1 Å². The minimum atomic E-state index is -3.90. The number of benzene rings is 2. The third-order valence-electron chi connectivity index (χ3n) is 4.30. The topological polar surface area (TPSA) is 110 Å². The molecule has 4 rings (SSSR count). The van der Waals surface area contributed by atoms with Crippen LogP contribution in [0, 0.1) is 11.3 Å². The number of sulfonamides is 1. The summed E-state index contributed by atoms with van der Waals surface area (Å²) in [4.78, 5) is 3.83. The highest BCUT2D eigenvalue weighted by Crippen LogP contribution is 2.37. The van der Waals surface area contributed by atoms with Crippen LogP contribution >= 0.6 is 22.9 Å². The molecule has 4 aromatic rings. The first-order valence-electron chi connectivity index (χ1n) is 8.79. The SMILES string of the molecule is Cn1nccc1-c1ccc(Cl)cc1Oc1ccc(S(=O)(=O)Nc2nccs2)cc1C#N.